The molecule has 2 unspecified atom stereocenters. The van der Waals surface area contributed by atoms with E-state index in [1.165, 1.54) is 308 Å². The summed E-state index contributed by atoms with van der Waals surface area (Å²) in [5.74, 6) is -0.0572. The molecule has 0 spiro atoms. The molecular formula is C63H123NO3. The van der Waals surface area contributed by atoms with Gasteiger partial charge in [0.2, 0.25) is 5.91 Å². The lowest BCUT2D eigenvalue weighted by Crippen LogP contribution is -2.45. The number of hydrogen-bond acceptors (Lipinski definition) is 3. The van der Waals surface area contributed by atoms with E-state index < -0.39 is 12.1 Å². The van der Waals surface area contributed by atoms with Crippen LogP contribution in [0.4, 0.5) is 0 Å². The Labute approximate surface area is 421 Å². The molecule has 0 heterocycles. The van der Waals surface area contributed by atoms with Crippen molar-refractivity contribution in [3.63, 3.8) is 0 Å². The molecule has 0 aromatic carbocycles. The number of aliphatic hydroxyl groups is 2. The van der Waals surface area contributed by atoms with Crippen LogP contribution in [0.25, 0.3) is 0 Å². The van der Waals surface area contributed by atoms with Gasteiger partial charge in [0, 0.05) is 6.42 Å². The number of allylic oxidation sites excluding steroid dienone is 3. The van der Waals surface area contributed by atoms with Crippen molar-refractivity contribution < 1.29 is 15.0 Å². The van der Waals surface area contributed by atoms with E-state index in [1.54, 1.807) is 6.08 Å². The number of rotatable bonds is 58. The summed E-state index contributed by atoms with van der Waals surface area (Å²) < 4.78 is 0. The quantitative estimate of drug-likeness (QED) is 0.0420. The zero-order valence-electron chi connectivity index (χ0n) is 46.0. The molecule has 0 saturated heterocycles. The summed E-state index contributed by atoms with van der Waals surface area (Å²) in [4.78, 5) is 12.5. The molecule has 0 rings (SSSR count). The first-order valence-electron chi connectivity index (χ1n) is 31.1. The molecule has 0 aromatic rings. The third-order valence-corrected chi connectivity index (χ3v) is 14.7. The predicted molar refractivity (Wildman–Crippen MR) is 299 cm³/mol. The topological polar surface area (TPSA) is 69.6 Å². The van der Waals surface area contributed by atoms with E-state index in [0.29, 0.717) is 6.42 Å². The lowest BCUT2D eigenvalue weighted by Gasteiger charge is -2.20. The van der Waals surface area contributed by atoms with Gasteiger partial charge in [0.15, 0.2) is 0 Å². The number of carbonyl (C=O) groups is 1. The monoisotopic (exact) mass is 942 g/mol. The Morgan fingerprint density at radius 2 is 0.567 bits per heavy atom. The van der Waals surface area contributed by atoms with Crippen molar-refractivity contribution >= 4 is 5.91 Å². The van der Waals surface area contributed by atoms with Gasteiger partial charge in [0.1, 0.15) is 0 Å². The molecule has 0 saturated carbocycles. The molecule has 1 amide bonds. The minimum Gasteiger partial charge on any atom is -0.394 e. The van der Waals surface area contributed by atoms with Crippen molar-refractivity contribution in [3.8, 4) is 0 Å². The minimum atomic E-state index is -0.837. The van der Waals surface area contributed by atoms with Gasteiger partial charge in [-0.2, -0.15) is 0 Å². The third kappa shape index (κ3) is 55.7. The van der Waals surface area contributed by atoms with E-state index in [4.69, 9.17) is 0 Å². The van der Waals surface area contributed by atoms with E-state index in [-0.39, 0.29) is 12.5 Å². The van der Waals surface area contributed by atoms with Crippen LogP contribution in [0.2, 0.25) is 0 Å². The largest absolute Gasteiger partial charge is 0.394 e. The molecule has 3 N–H and O–H groups in total. The van der Waals surface area contributed by atoms with Crippen LogP contribution in [0.3, 0.4) is 0 Å². The number of nitrogens with one attached hydrogen (secondary N) is 1. The Morgan fingerprint density at radius 1 is 0.343 bits per heavy atom. The van der Waals surface area contributed by atoms with Gasteiger partial charge in [-0.25, -0.2) is 0 Å². The number of amides is 1. The van der Waals surface area contributed by atoms with Crippen LogP contribution in [0.5, 0.6) is 0 Å². The van der Waals surface area contributed by atoms with Gasteiger partial charge in [-0.15, -0.1) is 0 Å². The molecule has 2 atom stereocenters. The Kier molecular flexibility index (Phi) is 58.2. The molecule has 0 aliphatic rings. The third-order valence-electron chi connectivity index (χ3n) is 14.7. The van der Waals surface area contributed by atoms with Crippen molar-refractivity contribution in [2.75, 3.05) is 6.61 Å². The van der Waals surface area contributed by atoms with Crippen molar-refractivity contribution in [1.29, 1.82) is 0 Å². The molecule has 0 aliphatic carbocycles. The zero-order chi connectivity index (χ0) is 48.5. The molecule has 0 aliphatic heterocycles. The molecule has 4 nitrogen and oxygen atoms in total. The maximum absolute atomic E-state index is 12.5. The van der Waals surface area contributed by atoms with Crippen molar-refractivity contribution in [2.24, 2.45) is 0 Å². The summed E-state index contributed by atoms with van der Waals surface area (Å²) in [7, 11) is 0. The van der Waals surface area contributed by atoms with Crippen LogP contribution in [0.15, 0.2) is 24.3 Å². The lowest BCUT2D eigenvalue weighted by molar-refractivity contribution is -0.123. The first-order valence-corrected chi connectivity index (χ1v) is 31.1. The predicted octanol–water partition coefficient (Wildman–Crippen LogP) is 20.7. The summed E-state index contributed by atoms with van der Waals surface area (Å²) >= 11 is 0. The van der Waals surface area contributed by atoms with E-state index in [9.17, 15) is 15.0 Å². The van der Waals surface area contributed by atoms with E-state index in [2.05, 4.69) is 31.3 Å². The molecular weight excluding hydrogens is 819 g/mol. The average molecular weight is 943 g/mol. The van der Waals surface area contributed by atoms with Gasteiger partial charge in [0.05, 0.1) is 18.8 Å². The van der Waals surface area contributed by atoms with Crippen LogP contribution in [0, 0.1) is 0 Å². The number of carbonyl (C=O) groups excluding carboxylic acids is 1. The normalized spacial score (nSPS) is 12.8. The average Bonchev–Trinajstić information content (AvgIpc) is 3.33. The molecule has 0 fully saturated rings. The second-order valence-corrected chi connectivity index (χ2v) is 21.5. The SMILES string of the molecule is CCCCCCCCCCCCCCCCCC/C=C\CCCCCCCCCCCCCCCCCCCC(=O)NC(CO)C(O)/C=C/CCCCCCCCCCCCCCCCCC. The fourth-order valence-electron chi connectivity index (χ4n) is 9.94. The fourth-order valence-corrected chi connectivity index (χ4v) is 9.94. The van der Waals surface area contributed by atoms with Gasteiger partial charge in [0.25, 0.3) is 0 Å². The maximum atomic E-state index is 12.5. The summed E-state index contributed by atoms with van der Waals surface area (Å²) in [6.07, 6.45) is 79.5. The van der Waals surface area contributed by atoms with Crippen molar-refractivity contribution in [2.45, 2.75) is 366 Å². The van der Waals surface area contributed by atoms with Crippen LogP contribution < -0.4 is 5.32 Å². The van der Waals surface area contributed by atoms with E-state index >= 15 is 0 Å². The first kappa shape index (κ1) is 65.9. The summed E-state index contributed by atoms with van der Waals surface area (Å²) in [5.41, 5.74) is 0. The lowest BCUT2D eigenvalue weighted by atomic mass is 10.0. The molecule has 398 valence electrons. The number of unbranched alkanes of at least 4 members (excludes halogenated alkanes) is 49. The second kappa shape index (κ2) is 59.2. The van der Waals surface area contributed by atoms with E-state index in [0.717, 1.165) is 25.7 Å². The Balaban J connectivity index is 3.40. The number of aliphatic hydroxyl groups excluding tert-OH is 2. The molecule has 0 aromatic heterocycles. The second-order valence-electron chi connectivity index (χ2n) is 21.5. The van der Waals surface area contributed by atoms with Crippen molar-refractivity contribution in [1.82, 2.24) is 5.32 Å². The highest BCUT2D eigenvalue weighted by atomic mass is 16.3. The fraction of sp³-hybridized carbons (Fsp3) is 0.921. The molecule has 0 radical (unpaired) electrons. The Morgan fingerprint density at radius 3 is 0.821 bits per heavy atom. The molecule has 4 heteroatoms. The number of hydrogen-bond donors (Lipinski definition) is 3. The van der Waals surface area contributed by atoms with Crippen molar-refractivity contribution in [3.05, 3.63) is 24.3 Å². The summed E-state index contributed by atoms with van der Waals surface area (Å²) in [6, 6.07) is -0.620. The van der Waals surface area contributed by atoms with Gasteiger partial charge in [-0.1, -0.05) is 327 Å². The van der Waals surface area contributed by atoms with Gasteiger partial charge < -0.3 is 15.5 Å². The highest BCUT2D eigenvalue weighted by Gasteiger charge is 2.18. The Bertz CT molecular complexity index is 978. The minimum absolute atomic E-state index is 0.0572. The van der Waals surface area contributed by atoms with Gasteiger partial charge in [-0.05, 0) is 44.9 Å². The molecule has 67 heavy (non-hydrogen) atoms. The standard InChI is InChI=1S/C63H123NO3/c1-3-5-7-9-11-13-15-17-19-21-23-24-25-26-27-28-29-30-31-32-33-34-35-36-37-38-39-40-41-43-45-47-49-51-53-55-57-59-63(67)64-61(60-65)62(66)58-56-54-52-50-48-46-44-42-22-20-18-16-14-12-10-8-6-4-2/h30-31,56,58,61-62,65-66H,3-29,32-55,57,59-60H2,1-2H3,(H,64,67)/b31-30-,58-56+. The first-order chi connectivity index (χ1) is 33.2. The Hall–Kier alpha value is -1.13. The highest BCUT2D eigenvalue weighted by molar-refractivity contribution is 5.76. The van der Waals surface area contributed by atoms with Crippen LogP contribution in [-0.4, -0.2) is 34.9 Å². The maximum Gasteiger partial charge on any atom is 0.220 e. The smallest absolute Gasteiger partial charge is 0.220 e. The highest BCUT2D eigenvalue weighted by Crippen LogP contribution is 2.18. The van der Waals surface area contributed by atoms with Crippen LogP contribution in [-0.2, 0) is 4.79 Å². The molecule has 0 bridgehead atoms. The van der Waals surface area contributed by atoms with E-state index in [1.807, 2.05) is 6.08 Å². The van der Waals surface area contributed by atoms with Gasteiger partial charge >= 0.3 is 0 Å². The summed E-state index contributed by atoms with van der Waals surface area (Å²) in [5, 5.41) is 23.2. The zero-order valence-corrected chi connectivity index (χ0v) is 46.0. The van der Waals surface area contributed by atoms with Crippen LogP contribution >= 0.6 is 0 Å². The van der Waals surface area contributed by atoms with Crippen LogP contribution in [0.1, 0.15) is 354 Å². The summed E-state index contributed by atoms with van der Waals surface area (Å²) in [6.45, 7) is 4.35. The van der Waals surface area contributed by atoms with Gasteiger partial charge in [-0.3, -0.25) is 4.79 Å².